The van der Waals surface area contributed by atoms with Gasteiger partial charge in [0.1, 0.15) is 5.75 Å². The minimum absolute atomic E-state index is 0.161. The molecule has 0 unspecified atom stereocenters. The van der Waals surface area contributed by atoms with Crippen LogP contribution in [0.15, 0.2) is 48.5 Å². The molecule has 1 aliphatic rings. The van der Waals surface area contributed by atoms with Crippen LogP contribution in [-0.2, 0) is 17.8 Å². The minimum Gasteiger partial charge on any atom is -0.497 e. The van der Waals surface area contributed by atoms with Crippen molar-refractivity contribution in [3.63, 3.8) is 0 Å². The Hall–Kier alpha value is -2.49. The van der Waals surface area contributed by atoms with Gasteiger partial charge in [-0.25, -0.2) is 0 Å². The standard InChI is InChI=1S/C19H22N2O2/c1-23-18-9-5-14(6-10-18)13-21(17-7-8-17)19(22)12-15-3-2-4-16(20)11-15/h2-6,9-11,17H,7-8,12-13,20H2,1H3. The highest BCUT2D eigenvalue weighted by atomic mass is 16.5. The summed E-state index contributed by atoms with van der Waals surface area (Å²) in [6, 6.07) is 15.8. The maximum absolute atomic E-state index is 12.7. The normalized spacial score (nSPS) is 13.6. The molecule has 1 aliphatic carbocycles. The first kappa shape index (κ1) is 15.4. The summed E-state index contributed by atoms with van der Waals surface area (Å²) >= 11 is 0. The number of carbonyl (C=O) groups is 1. The first-order valence-corrected chi connectivity index (χ1v) is 7.92. The molecule has 2 aromatic rings. The lowest BCUT2D eigenvalue weighted by Gasteiger charge is -2.23. The number of methoxy groups -OCH3 is 1. The van der Waals surface area contributed by atoms with Crippen molar-refractivity contribution in [3.8, 4) is 5.75 Å². The van der Waals surface area contributed by atoms with Crippen LogP contribution in [0.1, 0.15) is 24.0 Å². The van der Waals surface area contributed by atoms with Crippen LogP contribution in [0.5, 0.6) is 5.75 Å². The number of benzene rings is 2. The number of anilines is 1. The third kappa shape index (κ3) is 4.03. The van der Waals surface area contributed by atoms with Crippen molar-refractivity contribution in [2.75, 3.05) is 12.8 Å². The van der Waals surface area contributed by atoms with Gasteiger partial charge in [-0.15, -0.1) is 0 Å². The van der Waals surface area contributed by atoms with E-state index in [1.54, 1.807) is 7.11 Å². The van der Waals surface area contributed by atoms with Crippen LogP contribution in [0.2, 0.25) is 0 Å². The van der Waals surface area contributed by atoms with E-state index in [-0.39, 0.29) is 5.91 Å². The molecule has 2 N–H and O–H groups in total. The molecule has 0 bridgehead atoms. The number of carbonyl (C=O) groups excluding carboxylic acids is 1. The fraction of sp³-hybridized carbons (Fsp3) is 0.316. The highest BCUT2D eigenvalue weighted by molar-refractivity contribution is 5.79. The summed E-state index contributed by atoms with van der Waals surface area (Å²) in [7, 11) is 1.65. The molecule has 1 amide bonds. The molecule has 0 saturated heterocycles. The van der Waals surface area contributed by atoms with Crippen molar-refractivity contribution in [2.24, 2.45) is 0 Å². The lowest BCUT2D eigenvalue weighted by molar-refractivity contribution is -0.131. The van der Waals surface area contributed by atoms with Gasteiger partial charge in [-0.2, -0.15) is 0 Å². The Morgan fingerprint density at radius 2 is 1.91 bits per heavy atom. The Labute approximate surface area is 136 Å². The van der Waals surface area contributed by atoms with Crippen LogP contribution in [0.4, 0.5) is 5.69 Å². The monoisotopic (exact) mass is 310 g/mol. The van der Waals surface area contributed by atoms with E-state index in [2.05, 4.69) is 0 Å². The van der Waals surface area contributed by atoms with Crippen LogP contribution in [0.3, 0.4) is 0 Å². The van der Waals surface area contributed by atoms with Crippen molar-refractivity contribution in [3.05, 3.63) is 59.7 Å². The van der Waals surface area contributed by atoms with E-state index in [4.69, 9.17) is 10.5 Å². The predicted octanol–water partition coefficient (Wildman–Crippen LogP) is 3.01. The molecule has 0 spiro atoms. The van der Waals surface area contributed by atoms with Crippen LogP contribution in [0.25, 0.3) is 0 Å². The molecule has 23 heavy (non-hydrogen) atoms. The zero-order valence-corrected chi connectivity index (χ0v) is 13.4. The van der Waals surface area contributed by atoms with E-state index in [0.29, 0.717) is 24.7 Å². The quantitative estimate of drug-likeness (QED) is 0.835. The molecule has 0 aliphatic heterocycles. The molecular formula is C19H22N2O2. The third-order valence-corrected chi connectivity index (χ3v) is 4.13. The Morgan fingerprint density at radius 1 is 1.17 bits per heavy atom. The molecule has 120 valence electrons. The van der Waals surface area contributed by atoms with Gasteiger partial charge in [0, 0.05) is 18.3 Å². The van der Waals surface area contributed by atoms with E-state index in [0.717, 1.165) is 29.7 Å². The topological polar surface area (TPSA) is 55.6 Å². The summed E-state index contributed by atoms with van der Waals surface area (Å²) < 4.78 is 5.18. The minimum atomic E-state index is 0.161. The maximum atomic E-state index is 12.7. The van der Waals surface area contributed by atoms with E-state index in [9.17, 15) is 4.79 Å². The fourth-order valence-electron chi connectivity index (χ4n) is 2.71. The summed E-state index contributed by atoms with van der Waals surface area (Å²) in [6.07, 6.45) is 2.59. The maximum Gasteiger partial charge on any atom is 0.227 e. The van der Waals surface area contributed by atoms with E-state index >= 15 is 0 Å². The summed E-state index contributed by atoms with van der Waals surface area (Å²) in [5, 5.41) is 0. The number of nitrogens with two attached hydrogens (primary N) is 1. The Morgan fingerprint density at radius 3 is 2.52 bits per heavy atom. The van der Waals surface area contributed by atoms with Crippen molar-refractivity contribution in [1.82, 2.24) is 4.90 Å². The van der Waals surface area contributed by atoms with Crippen LogP contribution >= 0.6 is 0 Å². The largest absolute Gasteiger partial charge is 0.497 e. The van der Waals surface area contributed by atoms with Gasteiger partial charge in [0.25, 0.3) is 0 Å². The van der Waals surface area contributed by atoms with E-state index in [1.807, 2.05) is 53.4 Å². The van der Waals surface area contributed by atoms with Crippen LogP contribution < -0.4 is 10.5 Å². The molecule has 4 heteroatoms. The predicted molar refractivity (Wildman–Crippen MR) is 91.1 cm³/mol. The first-order chi connectivity index (χ1) is 11.2. The number of hydrogen-bond donors (Lipinski definition) is 1. The fourth-order valence-corrected chi connectivity index (χ4v) is 2.71. The van der Waals surface area contributed by atoms with Gasteiger partial charge in [-0.3, -0.25) is 4.79 Å². The Balaban J connectivity index is 1.69. The third-order valence-electron chi connectivity index (χ3n) is 4.13. The second kappa shape index (κ2) is 6.73. The number of nitrogens with zero attached hydrogens (tertiary/aromatic N) is 1. The molecule has 0 heterocycles. The zero-order chi connectivity index (χ0) is 16.2. The highest BCUT2D eigenvalue weighted by Gasteiger charge is 2.32. The van der Waals surface area contributed by atoms with E-state index in [1.165, 1.54) is 0 Å². The lowest BCUT2D eigenvalue weighted by atomic mass is 10.1. The van der Waals surface area contributed by atoms with Crippen molar-refractivity contribution in [2.45, 2.75) is 31.8 Å². The number of nitrogen functional groups attached to an aromatic ring is 1. The van der Waals surface area contributed by atoms with Gasteiger partial charge in [-0.05, 0) is 48.2 Å². The van der Waals surface area contributed by atoms with E-state index < -0.39 is 0 Å². The van der Waals surface area contributed by atoms with Crippen LogP contribution in [0, 0.1) is 0 Å². The molecule has 0 radical (unpaired) electrons. The summed E-state index contributed by atoms with van der Waals surface area (Å²) in [5.74, 6) is 0.992. The van der Waals surface area contributed by atoms with Crippen LogP contribution in [-0.4, -0.2) is 24.0 Å². The summed E-state index contributed by atoms with van der Waals surface area (Å²) in [5.41, 5.74) is 8.59. The number of amides is 1. The summed E-state index contributed by atoms with van der Waals surface area (Å²) in [6.45, 7) is 0.649. The zero-order valence-electron chi connectivity index (χ0n) is 13.4. The first-order valence-electron chi connectivity index (χ1n) is 7.92. The number of hydrogen-bond acceptors (Lipinski definition) is 3. The van der Waals surface area contributed by atoms with Gasteiger partial charge in [0.2, 0.25) is 5.91 Å². The SMILES string of the molecule is COc1ccc(CN(C(=O)Cc2cccc(N)c2)C2CC2)cc1. The highest BCUT2D eigenvalue weighted by Crippen LogP contribution is 2.29. The number of ether oxygens (including phenoxy) is 1. The second-order valence-electron chi connectivity index (χ2n) is 6.02. The molecular weight excluding hydrogens is 288 g/mol. The average Bonchev–Trinajstić information content (AvgIpc) is 3.38. The van der Waals surface area contributed by atoms with Gasteiger partial charge in [0.05, 0.1) is 13.5 Å². The summed E-state index contributed by atoms with van der Waals surface area (Å²) in [4.78, 5) is 14.7. The lowest BCUT2D eigenvalue weighted by Crippen LogP contribution is -2.33. The van der Waals surface area contributed by atoms with Crippen molar-refractivity contribution in [1.29, 1.82) is 0 Å². The second-order valence-corrected chi connectivity index (χ2v) is 6.02. The molecule has 1 fully saturated rings. The van der Waals surface area contributed by atoms with Gasteiger partial charge in [-0.1, -0.05) is 24.3 Å². The average molecular weight is 310 g/mol. The molecule has 1 saturated carbocycles. The van der Waals surface area contributed by atoms with Gasteiger partial charge < -0.3 is 15.4 Å². The van der Waals surface area contributed by atoms with Gasteiger partial charge in [0.15, 0.2) is 0 Å². The molecule has 4 nitrogen and oxygen atoms in total. The molecule has 0 atom stereocenters. The Kier molecular flexibility index (Phi) is 4.51. The van der Waals surface area contributed by atoms with Crippen molar-refractivity contribution >= 4 is 11.6 Å². The van der Waals surface area contributed by atoms with Gasteiger partial charge >= 0.3 is 0 Å². The number of rotatable bonds is 6. The Bertz CT molecular complexity index is 678. The molecule has 2 aromatic carbocycles. The smallest absolute Gasteiger partial charge is 0.227 e. The molecule has 3 rings (SSSR count). The molecule has 0 aromatic heterocycles. The van der Waals surface area contributed by atoms with Crippen molar-refractivity contribution < 1.29 is 9.53 Å².